The predicted molar refractivity (Wildman–Crippen MR) is 123 cm³/mol. The van der Waals surface area contributed by atoms with Crippen LogP contribution >= 0.6 is 27.5 Å². The first-order chi connectivity index (χ1) is 15.0. The molecule has 2 amide bonds. The molecule has 2 heterocycles. The van der Waals surface area contributed by atoms with Crippen LogP contribution in [0.15, 0.2) is 77.3 Å². The van der Waals surface area contributed by atoms with Crippen molar-refractivity contribution in [1.29, 1.82) is 0 Å². The fourth-order valence-corrected chi connectivity index (χ4v) is 4.63. The van der Waals surface area contributed by atoms with E-state index in [1.54, 1.807) is 23.3 Å². The van der Waals surface area contributed by atoms with Crippen molar-refractivity contribution in [3.05, 3.63) is 93.4 Å². The Kier molecular flexibility index (Phi) is 5.08. The Morgan fingerprint density at radius 3 is 2.29 bits per heavy atom. The van der Waals surface area contributed by atoms with Crippen LogP contribution in [-0.2, 0) is 14.4 Å². The number of amides is 2. The SMILES string of the molecule is Cc1ccc(N2C(=O)[C@@H]3[C@@H](ON(c4ccccc4)[C@H]3c3ccc(Br)cc3)C2=O)cc1Cl. The highest BCUT2D eigenvalue weighted by Crippen LogP contribution is 2.47. The molecule has 0 saturated carbocycles. The summed E-state index contributed by atoms with van der Waals surface area (Å²) in [6.07, 6.45) is -0.901. The maximum Gasteiger partial charge on any atom is 0.266 e. The fourth-order valence-electron chi connectivity index (χ4n) is 4.19. The van der Waals surface area contributed by atoms with E-state index in [2.05, 4.69) is 15.9 Å². The van der Waals surface area contributed by atoms with Crippen LogP contribution in [0, 0.1) is 12.8 Å². The molecule has 0 radical (unpaired) electrons. The summed E-state index contributed by atoms with van der Waals surface area (Å²) in [7, 11) is 0. The van der Waals surface area contributed by atoms with Crippen LogP contribution in [0.25, 0.3) is 0 Å². The Morgan fingerprint density at radius 1 is 0.903 bits per heavy atom. The van der Waals surface area contributed by atoms with Crippen molar-refractivity contribution in [2.24, 2.45) is 5.92 Å². The molecule has 3 atom stereocenters. The third-order valence-electron chi connectivity index (χ3n) is 5.75. The van der Waals surface area contributed by atoms with Crippen LogP contribution in [-0.4, -0.2) is 17.9 Å². The number of hydrogen-bond acceptors (Lipinski definition) is 4. The molecule has 0 spiro atoms. The number of benzene rings is 3. The first-order valence-corrected chi connectivity index (χ1v) is 11.0. The summed E-state index contributed by atoms with van der Waals surface area (Å²) >= 11 is 9.72. The molecule has 3 aromatic carbocycles. The van der Waals surface area contributed by atoms with Crippen LogP contribution in [0.1, 0.15) is 17.2 Å². The van der Waals surface area contributed by atoms with E-state index in [0.717, 1.165) is 21.3 Å². The molecule has 7 heteroatoms. The molecule has 2 fully saturated rings. The molecule has 5 nitrogen and oxygen atoms in total. The molecule has 0 aromatic heterocycles. The highest BCUT2D eigenvalue weighted by molar-refractivity contribution is 9.10. The lowest BCUT2D eigenvalue weighted by molar-refractivity contribution is -0.126. The quantitative estimate of drug-likeness (QED) is 0.451. The summed E-state index contributed by atoms with van der Waals surface area (Å²) in [6.45, 7) is 1.87. The number of hydroxylamine groups is 1. The molecule has 2 aliphatic rings. The number of carbonyl (C=O) groups excluding carboxylic acids is 2. The average molecular weight is 498 g/mol. The van der Waals surface area contributed by atoms with Crippen molar-refractivity contribution in [1.82, 2.24) is 0 Å². The largest absolute Gasteiger partial charge is 0.273 e. The second kappa shape index (κ2) is 7.79. The third-order valence-corrected chi connectivity index (χ3v) is 6.69. The number of para-hydroxylation sites is 1. The number of nitrogens with zero attached hydrogens (tertiary/aromatic N) is 2. The van der Waals surface area contributed by atoms with E-state index in [1.807, 2.05) is 61.5 Å². The highest BCUT2D eigenvalue weighted by atomic mass is 79.9. The average Bonchev–Trinajstić information content (AvgIpc) is 3.28. The normalized spacial score (nSPS) is 22.9. The lowest BCUT2D eigenvalue weighted by Gasteiger charge is -2.28. The third kappa shape index (κ3) is 3.35. The van der Waals surface area contributed by atoms with E-state index in [4.69, 9.17) is 16.4 Å². The van der Waals surface area contributed by atoms with Gasteiger partial charge in [-0.05, 0) is 54.4 Å². The second-order valence-electron chi connectivity index (χ2n) is 7.65. The zero-order valence-electron chi connectivity index (χ0n) is 16.5. The molecular formula is C24H18BrClN2O3. The topological polar surface area (TPSA) is 49.9 Å². The number of carbonyl (C=O) groups is 2. The van der Waals surface area contributed by atoms with Crippen LogP contribution in [0.5, 0.6) is 0 Å². The maximum absolute atomic E-state index is 13.6. The number of halogens is 2. The first-order valence-electron chi connectivity index (χ1n) is 9.86. The number of anilines is 2. The van der Waals surface area contributed by atoms with Gasteiger partial charge in [-0.25, -0.2) is 9.96 Å². The molecule has 156 valence electrons. The van der Waals surface area contributed by atoms with Crippen LogP contribution in [0.2, 0.25) is 5.02 Å². The van der Waals surface area contributed by atoms with E-state index >= 15 is 0 Å². The molecule has 0 unspecified atom stereocenters. The van der Waals surface area contributed by atoms with Gasteiger partial charge in [0.05, 0.1) is 17.4 Å². The molecule has 31 heavy (non-hydrogen) atoms. The Morgan fingerprint density at radius 2 is 1.61 bits per heavy atom. The van der Waals surface area contributed by atoms with Gasteiger partial charge in [-0.2, -0.15) is 0 Å². The minimum Gasteiger partial charge on any atom is -0.273 e. The van der Waals surface area contributed by atoms with Crippen molar-refractivity contribution in [2.45, 2.75) is 19.1 Å². The van der Waals surface area contributed by atoms with E-state index in [0.29, 0.717) is 10.7 Å². The highest BCUT2D eigenvalue weighted by Gasteiger charge is 2.60. The minimum absolute atomic E-state index is 0.290. The second-order valence-corrected chi connectivity index (χ2v) is 8.98. The Bertz CT molecular complexity index is 1170. The van der Waals surface area contributed by atoms with Gasteiger partial charge in [-0.1, -0.05) is 63.9 Å². The molecule has 2 aliphatic heterocycles. The Labute approximate surface area is 193 Å². The Balaban J connectivity index is 1.58. The molecule has 2 saturated heterocycles. The summed E-state index contributed by atoms with van der Waals surface area (Å²) in [5, 5.41) is 2.19. The molecule has 5 rings (SSSR count). The molecular weight excluding hydrogens is 480 g/mol. The van der Waals surface area contributed by atoms with Gasteiger partial charge in [0.25, 0.3) is 5.91 Å². The lowest BCUT2D eigenvalue weighted by Crippen LogP contribution is -2.37. The van der Waals surface area contributed by atoms with E-state index in [-0.39, 0.29) is 11.8 Å². The van der Waals surface area contributed by atoms with Gasteiger partial charge < -0.3 is 0 Å². The van der Waals surface area contributed by atoms with Gasteiger partial charge in [0.2, 0.25) is 5.91 Å². The summed E-state index contributed by atoms with van der Waals surface area (Å²) in [6, 6.07) is 22.0. The van der Waals surface area contributed by atoms with Gasteiger partial charge in [0.1, 0.15) is 5.92 Å². The van der Waals surface area contributed by atoms with Crippen LogP contribution in [0.4, 0.5) is 11.4 Å². The molecule has 0 N–H and O–H groups in total. The minimum atomic E-state index is -0.901. The van der Waals surface area contributed by atoms with Crippen molar-refractivity contribution in [3.63, 3.8) is 0 Å². The van der Waals surface area contributed by atoms with Gasteiger partial charge in [0, 0.05) is 9.50 Å². The number of fused-ring (bicyclic) bond motifs is 1. The fraction of sp³-hybridized carbons (Fsp3) is 0.167. The molecule has 0 aliphatic carbocycles. The van der Waals surface area contributed by atoms with Crippen molar-refractivity contribution >= 4 is 50.7 Å². The van der Waals surface area contributed by atoms with E-state index in [1.165, 1.54) is 4.90 Å². The van der Waals surface area contributed by atoms with Crippen molar-refractivity contribution in [2.75, 3.05) is 9.96 Å². The summed E-state index contributed by atoms with van der Waals surface area (Å²) < 4.78 is 0.933. The number of rotatable bonds is 3. The maximum atomic E-state index is 13.6. The molecule has 0 bridgehead atoms. The predicted octanol–water partition coefficient (Wildman–Crippen LogP) is 5.46. The van der Waals surface area contributed by atoms with E-state index < -0.39 is 18.1 Å². The smallest absolute Gasteiger partial charge is 0.266 e. The summed E-state index contributed by atoms with van der Waals surface area (Å²) in [5.41, 5.74) is 3.02. The number of hydrogen-bond donors (Lipinski definition) is 0. The summed E-state index contributed by atoms with van der Waals surface area (Å²) in [4.78, 5) is 34.2. The zero-order valence-corrected chi connectivity index (χ0v) is 18.9. The van der Waals surface area contributed by atoms with Crippen LogP contribution < -0.4 is 9.96 Å². The lowest BCUT2D eigenvalue weighted by atomic mass is 9.90. The zero-order chi connectivity index (χ0) is 21.7. The number of aryl methyl sites for hydroxylation is 1. The Hall–Kier alpha value is -2.67. The first kappa shape index (κ1) is 20.2. The summed E-state index contributed by atoms with van der Waals surface area (Å²) in [5.74, 6) is -1.34. The monoisotopic (exact) mass is 496 g/mol. The molecule has 3 aromatic rings. The van der Waals surface area contributed by atoms with E-state index in [9.17, 15) is 9.59 Å². The van der Waals surface area contributed by atoms with Crippen molar-refractivity contribution < 1.29 is 14.4 Å². The van der Waals surface area contributed by atoms with Crippen LogP contribution in [0.3, 0.4) is 0 Å². The van der Waals surface area contributed by atoms with Crippen molar-refractivity contribution in [3.8, 4) is 0 Å². The standard InChI is InChI=1S/C24H18BrClN2O3/c1-14-7-12-18(13-19(14)26)27-23(29)20-21(15-8-10-16(25)11-9-15)28(31-22(20)24(27)30)17-5-3-2-4-6-17/h2-13,20-22H,1H3/t20-,21-,22+/m0/s1. The number of imide groups is 1. The van der Waals surface area contributed by atoms with Gasteiger partial charge in [-0.15, -0.1) is 0 Å². The van der Waals surface area contributed by atoms with Gasteiger partial charge in [-0.3, -0.25) is 14.4 Å². The van der Waals surface area contributed by atoms with Gasteiger partial charge in [0.15, 0.2) is 6.10 Å². The van der Waals surface area contributed by atoms with Gasteiger partial charge >= 0.3 is 0 Å².